The molecule has 3 heteroatoms. The lowest BCUT2D eigenvalue weighted by atomic mass is 9.49. The maximum Gasteiger partial charge on any atom is 0.137 e. The topological polar surface area (TPSA) is 37.8 Å². The Labute approximate surface area is 128 Å². The maximum atomic E-state index is 4.97. The van der Waals surface area contributed by atoms with Crippen molar-refractivity contribution in [3.05, 3.63) is 17.6 Å². The van der Waals surface area contributed by atoms with Gasteiger partial charge in [0.15, 0.2) is 0 Å². The molecule has 0 radical (unpaired) electrons. The van der Waals surface area contributed by atoms with Crippen molar-refractivity contribution in [3.63, 3.8) is 0 Å². The monoisotopic (exact) mass is 285 g/mol. The van der Waals surface area contributed by atoms with E-state index in [9.17, 15) is 0 Å². The molecular formula is C18H27N3. The van der Waals surface area contributed by atoms with E-state index >= 15 is 0 Å². The highest BCUT2D eigenvalue weighted by Gasteiger charge is 2.53. The molecule has 114 valence electrons. The average molecular weight is 285 g/mol. The summed E-state index contributed by atoms with van der Waals surface area (Å²) in [5, 5.41) is 3.40. The molecule has 0 unspecified atom stereocenters. The van der Waals surface area contributed by atoms with E-state index in [0.717, 1.165) is 42.4 Å². The van der Waals surface area contributed by atoms with Crippen LogP contribution in [0.3, 0.4) is 0 Å². The molecule has 1 heterocycles. The molecule has 4 saturated carbocycles. The highest BCUT2D eigenvalue weighted by molar-refractivity contribution is 5.37. The van der Waals surface area contributed by atoms with Crippen LogP contribution in [-0.4, -0.2) is 16.5 Å². The lowest BCUT2D eigenvalue weighted by Gasteiger charge is -2.56. The van der Waals surface area contributed by atoms with Gasteiger partial charge in [0.2, 0.25) is 0 Å². The van der Waals surface area contributed by atoms with Crippen molar-refractivity contribution in [3.8, 4) is 0 Å². The highest BCUT2D eigenvalue weighted by atomic mass is 15.0. The van der Waals surface area contributed by atoms with Crippen LogP contribution in [0.1, 0.15) is 63.9 Å². The zero-order chi connectivity index (χ0) is 14.4. The summed E-state index contributed by atoms with van der Waals surface area (Å²) in [5.74, 6) is 5.06. The van der Waals surface area contributed by atoms with Crippen LogP contribution in [0.5, 0.6) is 0 Å². The number of anilines is 1. The molecule has 4 fully saturated rings. The van der Waals surface area contributed by atoms with E-state index in [-0.39, 0.29) is 0 Å². The SMILES string of the molecule is CCNc1cc(CC)nc(C23CC4CC(CC(C4)C2)C3)n1. The van der Waals surface area contributed by atoms with E-state index in [0.29, 0.717) is 5.41 Å². The highest BCUT2D eigenvalue weighted by Crippen LogP contribution is 2.60. The fraction of sp³-hybridized carbons (Fsp3) is 0.778. The predicted octanol–water partition coefficient (Wildman–Crippen LogP) is 3.94. The van der Waals surface area contributed by atoms with Crippen LogP contribution in [0.4, 0.5) is 5.82 Å². The van der Waals surface area contributed by atoms with E-state index in [1.807, 2.05) is 0 Å². The van der Waals surface area contributed by atoms with E-state index in [2.05, 4.69) is 25.2 Å². The van der Waals surface area contributed by atoms with Gasteiger partial charge in [-0.3, -0.25) is 0 Å². The maximum absolute atomic E-state index is 4.97. The zero-order valence-electron chi connectivity index (χ0n) is 13.4. The Morgan fingerprint density at radius 3 is 2.19 bits per heavy atom. The summed E-state index contributed by atoms with van der Waals surface area (Å²) >= 11 is 0. The van der Waals surface area contributed by atoms with Gasteiger partial charge in [0.1, 0.15) is 11.6 Å². The van der Waals surface area contributed by atoms with Gasteiger partial charge < -0.3 is 5.32 Å². The minimum Gasteiger partial charge on any atom is -0.370 e. The van der Waals surface area contributed by atoms with Crippen molar-refractivity contribution < 1.29 is 0 Å². The molecule has 0 amide bonds. The lowest BCUT2D eigenvalue weighted by molar-refractivity contribution is -0.00942. The van der Waals surface area contributed by atoms with Gasteiger partial charge >= 0.3 is 0 Å². The van der Waals surface area contributed by atoms with Crippen molar-refractivity contribution in [1.29, 1.82) is 0 Å². The summed E-state index contributed by atoms with van der Waals surface area (Å²) in [7, 11) is 0. The van der Waals surface area contributed by atoms with Crippen LogP contribution in [0.15, 0.2) is 6.07 Å². The van der Waals surface area contributed by atoms with Crippen LogP contribution < -0.4 is 5.32 Å². The van der Waals surface area contributed by atoms with Gasteiger partial charge in [-0.1, -0.05) is 6.92 Å². The Bertz CT molecular complexity index is 502. The van der Waals surface area contributed by atoms with Crippen molar-refractivity contribution >= 4 is 5.82 Å². The third-order valence-corrected chi connectivity index (χ3v) is 6.01. The van der Waals surface area contributed by atoms with Gasteiger partial charge in [-0.15, -0.1) is 0 Å². The molecule has 1 aromatic heterocycles. The second-order valence-corrected chi connectivity index (χ2v) is 7.65. The first-order valence-corrected chi connectivity index (χ1v) is 8.83. The van der Waals surface area contributed by atoms with E-state index in [1.165, 1.54) is 44.2 Å². The van der Waals surface area contributed by atoms with Crippen LogP contribution in [-0.2, 0) is 11.8 Å². The Hall–Kier alpha value is -1.12. The second kappa shape index (κ2) is 4.96. The summed E-state index contributed by atoms with van der Waals surface area (Å²) in [5.41, 5.74) is 1.51. The third-order valence-electron chi connectivity index (χ3n) is 6.01. The molecule has 0 aliphatic heterocycles. The Balaban J connectivity index is 1.73. The standard InChI is InChI=1S/C18H27N3/c1-3-15-8-16(19-4-2)21-17(20-15)18-9-12-5-13(10-18)7-14(6-12)11-18/h8,12-14H,3-7,9-11H2,1-2H3,(H,19,20,21). The summed E-state index contributed by atoms with van der Waals surface area (Å²) in [6, 6.07) is 2.13. The van der Waals surface area contributed by atoms with Crippen LogP contribution in [0.25, 0.3) is 0 Å². The fourth-order valence-corrected chi connectivity index (χ4v) is 5.57. The number of aromatic nitrogens is 2. The predicted molar refractivity (Wildman–Crippen MR) is 85.4 cm³/mol. The summed E-state index contributed by atoms with van der Waals surface area (Å²) < 4.78 is 0. The largest absolute Gasteiger partial charge is 0.370 e. The van der Waals surface area contributed by atoms with Gasteiger partial charge in [-0.2, -0.15) is 0 Å². The molecule has 0 spiro atoms. The number of rotatable bonds is 4. The number of nitrogens with zero attached hydrogens (tertiary/aromatic N) is 2. The molecule has 1 aromatic rings. The van der Waals surface area contributed by atoms with Gasteiger partial charge in [0.05, 0.1) is 0 Å². The number of hydrogen-bond donors (Lipinski definition) is 1. The molecule has 1 N–H and O–H groups in total. The molecule has 3 nitrogen and oxygen atoms in total. The van der Waals surface area contributed by atoms with Crippen LogP contribution in [0.2, 0.25) is 0 Å². The van der Waals surface area contributed by atoms with Gasteiger partial charge in [0, 0.05) is 23.7 Å². The van der Waals surface area contributed by atoms with E-state index < -0.39 is 0 Å². The fourth-order valence-electron chi connectivity index (χ4n) is 5.57. The quantitative estimate of drug-likeness (QED) is 0.910. The second-order valence-electron chi connectivity index (χ2n) is 7.65. The summed E-state index contributed by atoms with van der Waals surface area (Å²) in [6.07, 6.45) is 9.47. The normalized spacial score (nSPS) is 37.0. The minimum atomic E-state index is 0.310. The number of hydrogen-bond acceptors (Lipinski definition) is 3. The van der Waals surface area contributed by atoms with Crippen molar-refractivity contribution in [2.75, 3.05) is 11.9 Å². The van der Waals surface area contributed by atoms with Crippen molar-refractivity contribution in [2.45, 2.75) is 64.2 Å². The summed E-state index contributed by atoms with van der Waals surface area (Å²) in [6.45, 7) is 5.26. The first kappa shape index (κ1) is 13.5. The molecule has 4 aliphatic carbocycles. The molecule has 4 bridgehead atoms. The smallest absolute Gasteiger partial charge is 0.137 e. The first-order chi connectivity index (χ1) is 10.2. The molecule has 0 atom stereocenters. The van der Waals surface area contributed by atoms with Gasteiger partial charge in [-0.05, 0) is 69.6 Å². The Kier molecular flexibility index (Phi) is 3.20. The molecule has 0 aromatic carbocycles. The van der Waals surface area contributed by atoms with Crippen LogP contribution in [0, 0.1) is 17.8 Å². The number of aryl methyl sites for hydroxylation is 1. The number of nitrogens with one attached hydrogen (secondary N) is 1. The average Bonchev–Trinajstić information content (AvgIpc) is 2.46. The molecule has 4 aliphatic rings. The molecule has 0 saturated heterocycles. The molecule has 5 rings (SSSR count). The molecular weight excluding hydrogens is 258 g/mol. The van der Waals surface area contributed by atoms with E-state index in [1.54, 1.807) is 0 Å². The minimum absolute atomic E-state index is 0.310. The van der Waals surface area contributed by atoms with E-state index in [4.69, 9.17) is 9.97 Å². The first-order valence-electron chi connectivity index (χ1n) is 8.83. The Morgan fingerprint density at radius 1 is 1.05 bits per heavy atom. The third kappa shape index (κ3) is 2.25. The van der Waals surface area contributed by atoms with Crippen molar-refractivity contribution in [2.24, 2.45) is 17.8 Å². The lowest BCUT2D eigenvalue weighted by Crippen LogP contribution is -2.49. The van der Waals surface area contributed by atoms with Crippen molar-refractivity contribution in [1.82, 2.24) is 9.97 Å². The van der Waals surface area contributed by atoms with Gasteiger partial charge in [0.25, 0.3) is 0 Å². The molecule has 21 heavy (non-hydrogen) atoms. The Morgan fingerprint density at radius 2 is 1.67 bits per heavy atom. The van der Waals surface area contributed by atoms with Crippen LogP contribution >= 0.6 is 0 Å². The summed E-state index contributed by atoms with van der Waals surface area (Å²) in [4.78, 5) is 9.91. The zero-order valence-corrected chi connectivity index (χ0v) is 13.4. The van der Waals surface area contributed by atoms with Gasteiger partial charge in [-0.25, -0.2) is 9.97 Å².